The van der Waals surface area contributed by atoms with E-state index in [1.807, 2.05) is 0 Å². The smallest absolute Gasteiger partial charge is 0.324 e. The van der Waals surface area contributed by atoms with Gasteiger partial charge in [-0.15, -0.1) is 0 Å². The molecule has 3 rings (SSSR count). The van der Waals surface area contributed by atoms with Gasteiger partial charge in [0.05, 0.1) is 0 Å². The van der Waals surface area contributed by atoms with E-state index in [4.69, 9.17) is 0 Å². The molecule has 62 heavy (non-hydrogen) atoms. The molecule has 356 valence electrons. The van der Waals surface area contributed by atoms with Gasteiger partial charge in [-0.3, -0.25) is 56.8 Å². The van der Waals surface area contributed by atoms with Crippen LogP contribution < -0.4 is 0 Å². The Hall–Kier alpha value is -0.900. The summed E-state index contributed by atoms with van der Waals surface area (Å²) in [6.07, 6.45) is -3.94. The summed E-state index contributed by atoms with van der Waals surface area (Å²) in [5.74, 6) is 0. The molecular formula is C32H60N6O18P6. The molecule has 0 spiro atoms. The average molecular weight is 1000 g/mol. The van der Waals surface area contributed by atoms with Crippen molar-refractivity contribution in [3.8, 4) is 0 Å². The first-order valence-corrected chi connectivity index (χ1v) is 29.9. The molecule has 1 aliphatic heterocycles. The van der Waals surface area contributed by atoms with Crippen molar-refractivity contribution in [2.45, 2.75) is 39.0 Å². The van der Waals surface area contributed by atoms with Crippen molar-refractivity contribution in [2.75, 3.05) is 90.1 Å². The predicted octanol–water partition coefficient (Wildman–Crippen LogP) is 0.804. The zero-order valence-electron chi connectivity index (χ0n) is 33.9. The zero-order valence-corrected chi connectivity index (χ0v) is 39.3. The topological polar surface area (TPSA) is 365 Å². The number of fused-ring (bicyclic) bond motifs is 4. The zero-order chi connectivity index (χ0) is 46.6. The molecule has 30 heteroatoms. The molecular weight excluding hydrogens is 942 g/mol. The molecule has 0 amide bonds. The van der Waals surface area contributed by atoms with Crippen LogP contribution >= 0.6 is 45.6 Å². The number of hydrogen-bond donors (Lipinski definition) is 12. The Labute approximate surface area is 360 Å². The van der Waals surface area contributed by atoms with Crippen LogP contribution in [0.4, 0.5) is 0 Å². The van der Waals surface area contributed by atoms with E-state index in [2.05, 4.69) is 0 Å². The van der Waals surface area contributed by atoms with E-state index < -0.39 is 83.3 Å². The first kappa shape index (κ1) is 55.4. The molecule has 24 nitrogen and oxygen atoms in total. The Kier molecular flexibility index (Phi) is 21.7. The maximum atomic E-state index is 12.2. The first-order chi connectivity index (χ1) is 28.4. The summed E-state index contributed by atoms with van der Waals surface area (Å²) in [5, 5.41) is 0. The van der Waals surface area contributed by atoms with Crippen LogP contribution in [0, 0.1) is 0 Å². The summed E-state index contributed by atoms with van der Waals surface area (Å²) in [6.45, 7) is -0.364. The number of nitrogens with zero attached hydrogens (tertiary/aromatic N) is 6. The molecule has 0 fully saturated rings. The first-order valence-electron chi connectivity index (χ1n) is 19.1. The molecule has 12 N–H and O–H groups in total. The van der Waals surface area contributed by atoms with E-state index in [1.54, 1.807) is 48.5 Å². The summed E-state index contributed by atoms with van der Waals surface area (Å²) < 4.78 is 73.1. The molecule has 4 bridgehead atoms. The molecule has 0 aliphatic carbocycles. The molecule has 1 heterocycles. The van der Waals surface area contributed by atoms with Gasteiger partial charge in [-0.2, -0.15) is 0 Å². The Morgan fingerprint density at radius 1 is 0.323 bits per heavy atom. The van der Waals surface area contributed by atoms with Gasteiger partial charge >= 0.3 is 45.6 Å². The highest BCUT2D eigenvalue weighted by atomic mass is 31.2. The van der Waals surface area contributed by atoms with Gasteiger partial charge in [-0.1, -0.05) is 48.5 Å². The van der Waals surface area contributed by atoms with Gasteiger partial charge in [-0.25, -0.2) is 0 Å². The van der Waals surface area contributed by atoms with Crippen molar-refractivity contribution in [3.63, 3.8) is 0 Å². The van der Waals surface area contributed by atoms with Gasteiger partial charge in [0.15, 0.2) is 0 Å². The Morgan fingerprint density at radius 2 is 0.516 bits per heavy atom. The van der Waals surface area contributed by atoms with E-state index in [0.29, 0.717) is 22.3 Å². The maximum absolute atomic E-state index is 12.2. The number of rotatable bonds is 12. The number of hydrogen-bond acceptors (Lipinski definition) is 12. The highest BCUT2D eigenvalue weighted by Crippen LogP contribution is 2.40. The van der Waals surface area contributed by atoms with Crippen molar-refractivity contribution >= 4 is 45.6 Å². The van der Waals surface area contributed by atoms with E-state index in [9.17, 15) is 86.1 Å². The fourth-order valence-corrected chi connectivity index (χ4v) is 11.8. The Bertz CT molecular complexity index is 1890. The third-order valence-electron chi connectivity index (χ3n) is 9.28. The molecule has 2 aromatic rings. The average Bonchev–Trinajstić information content (AvgIpc) is 3.05. The van der Waals surface area contributed by atoms with Crippen LogP contribution in [0.2, 0.25) is 0 Å². The maximum Gasteiger partial charge on any atom is 0.339 e. The van der Waals surface area contributed by atoms with Crippen LogP contribution in [0.5, 0.6) is 0 Å². The number of benzene rings is 2. The monoisotopic (exact) mass is 1000 g/mol. The van der Waals surface area contributed by atoms with Crippen molar-refractivity contribution in [3.05, 3.63) is 70.8 Å². The fraction of sp³-hybridized carbons (Fsp3) is 0.625. The second kappa shape index (κ2) is 24.2. The predicted molar refractivity (Wildman–Crippen MR) is 228 cm³/mol. The molecule has 0 saturated heterocycles. The lowest BCUT2D eigenvalue weighted by molar-refractivity contribution is 0.197. The van der Waals surface area contributed by atoms with E-state index in [1.165, 1.54) is 29.4 Å². The second-order valence-corrected chi connectivity index (χ2v) is 25.3. The summed E-state index contributed by atoms with van der Waals surface area (Å²) in [7, 11) is -27.9. The third kappa shape index (κ3) is 26.3. The van der Waals surface area contributed by atoms with Gasteiger partial charge in [0, 0.05) is 78.5 Å². The lowest BCUT2D eigenvalue weighted by Crippen LogP contribution is -2.38. The van der Waals surface area contributed by atoms with Crippen LogP contribution in [-0.4, -0.2) is 178 Å². The van der Waals surface area contributed by atoms with Crippen molar-refractivity contribution < 1.29 is 86.1 Å². The van der Waals surface area contributed by atoms with Gasteiger partial charge in [0.25, 0.3) is 0 Å². The summed E-state index contributed by atoms with van der Waals surface area (Å²) >= 11 is 0. The van der Waals surface area contributed by atoms with Crippen LogP contribution in [0.3, 0.4) is 0 Å². The summed E-state index contributed by atoms with van der Waals surface area (Å²) in [6, 6.07) is 13.3. The van der Waals surface area contributed by atoms with Gasteiger partial charge in [0.2, 0.25) is 0 Å². The molecule has 0 unspecified atom stereocenters. The quantitative estimate of drug-likeness (QED) is 0.131. The highest BCUT2D eigenvalue weighted by Gasteiger charge is 2.27. The molecule has 2 aromatic carbocycles. The Balaban J connectivity index is 2.05. The van der Waals surface area contributed by atoms with Crippen LogP contribution in [0.15, 0.2) is 48.5 Å². The van der Waals surface area contributed by atoms with Crippen LogP contribution in [0.25, 0.3) is 0 Å². The standard InChI is InChI=1S/C32H60N6O18P6/c39-57(40,41)23-33-9-3-11-35(25-59(45,46)47)19-29-5-1-6-30(17-29)20-36(26-60(48,49)50)12-4-10-34(24-58(42,43)44)14-16-38(28-62(54,55)56)22-32-8-2-7-31(18-32)21-37(15-13-33)27-61(51,52)53/h1-2,5-8,17-18H,3-4,9-16,19-28H2,(H2,39,40,41)(H2,42,43,44)(H2,45,46,47)(H2,48,49,50)(H2,51,52,53)(H2,54,55,56). The molecule has 0 aromatic heterocycles. The Morgan fingerprint density at radius 3 is 0.758 bits per heavy atom. The van der Waals surface area contributed by atoms with Crippen molar-refractivity contribution in [2.24, 2.45) is 0 Å². The highest BCUT2D eigenvalue weighted by molar-refractivity contribution is 7.52. The lowest BCUT2D eigenvalue weighted by Gasteiger charge is -2.30. The fourth-order valence-electron chi connectivity index (χ4n) is 7.16. The van der Waals surface area contributed by atoms with Crippen molar-refractivity contribution in [1.82, 2.24) is 29.4 Å². The molecule has 1 aliphatic rings. The van der Waals surface area contributed by atoms with Crippen LogP contribution in [0.1, 0.15) is 35.1 Å². The summed E-state index contributed by atoms with van der Waals surface area (Å²) in [5.41, 5.74) is 2.20. The molecule has 0 saturated carbocycles. The van der Waals surface area contributed by atoms with E-state index in [0.717, 1.165) is 0 Å². The minimum Gasteiger partial charge on any atom is -0.324 e. The normalized spacial score (nSPS) is 19.4. The van der Waals surface area contributed by atoms with Gasteiger partial charge < -0.3 is 58.7 Å². The van der Waals surface area contributed by atoms with Gasteiger partial charge in [0.1, 0.15) is 37.7 Å². The van der Waals surface area contributed by atoms with Crippen LogP contribution in [-0.2, 0) is 53.6 Å². The molecule has 0 radical (unpaired) electrons. The summed E-state index contributed by atoms with van der Waals surface area (Å²) in [4.78, 5) is 127. The second-order valence-electron chi connectivity index (χ2n) is 15.6. The molecule has 0 atom stereocenters. The van der Waals surface area contributed by atoms with Crippen molar-refractivity contribution in [1.29, 1.82) is 0 Å². The lowest BCUT2D eigenvalue weighted by atomic mass is 10.1. The third-order valence-corrected chi connectivity index (χ3v) is 13.9. The van der Waals surface area contributed by atoms with Gasteiger partial charge in [-0.05, 0) is 35.1 Å². The SMILES string of the molecule is O=P(O)(O)CN1CCCN(CP(=O)(O)O)Cc2cccc(c2)CN(CP(=O)(O)O)CCCN(CP(=O)(O)O)CCN(CP(=O)(O)O)Cc2cccc(c2)CN(CP(=O)(O)O)CC1. The van der Waals surface area contributed by atoms with E-state index >= 15 is 0 Å². The van der Waals surface area contributed by atoms with E-state index in [-0.39, 0.29) is 91.4 Å². The largest absolute Gasteiger partial charge is 0.339 e. The minimum atomic E-state index is -4.68. The minimum absolute atomic E-state index is 0.00142.